The first-order valence-electron chi connectivity index (χ1n) is 3.86. The lowest BCUT2D eigenvalue weighted by atomic mass is 10.1. The standard InChI is InChI=1S/C9H7Cl3O3/c1-15-9(14)7-5(13)3-2-4(10)6(7)8(11)12/h2-3,8,13H,1H3. The first-order chi connectivity index (χ1) is 6.99. The van der Waals surface area contributed by atoms with Crippen LogP contribution in [0.5, 0.6) is 5.75 Å². The summed E-state index contributed by atoms with van der Waals surface area (Å²) in [7, 11) is 1.18. The highest BCUT2D eigenvalue weighted by Gasteiger charge is 2.23. The minimum Gasteiger partial charge on any atom is -0.507 e. The molecular formula is C9H7Cl3O3. The molecule has 0 aliphatic heterocycles. The Morgan fingerprint density at radius 3 is 2.53 bits per heavy atom. The van der Waals surface area contributed by atoms with Gasteiger partial charge in [0.1, 0.15) is 16.1 Å². The number of hydrogen-bond donors (Lipinski definition) is 1. The van der Waals surface area contributed by atoms with Crippen molar-refractivity contribution in [2.24, 2.45) is 0 Å². The van der Waals surface area contributed by atoms with Crippen LogP contribution in [0.25, 0.3) is 0 Å². The molecule has 0 heterocycles. The quantitative estimate of drug-likeness (QED) is 0.662. The summed E-state index contributed by atoms with van der Waals surface area (Å²) in [5, 5.41) is 9.69. The molecule has 0 spiro atoms. The van der Waals surface area contributed by atoms with Gasteiger partial charge in [-0.15, -0.1) is 0 Å². The van der Waals surface area contributed by atoms with E-state index in [1.165, 1.54) is 19.2 Å². The highest BCUT2D eigenvalue weighted by molar-refractivity contribution is 6.46. The van der Waals surface area contributed by atoms with Crippen molar-refractivity contribution < 1.29 is 14.6 Å². The van der Waals surface area contributed by atoms with Gasteiger partial charge in [0.25, 0.3) is 0 Å². The van der Waals surface area contributed by atoms with E-state index in [1.807, 2.05) is 0 Å². The van der Waals surface area contributed by atoms with Crippen molar-refractivity contribution in [3.63, 3.8) is 0 Å². The molecule has 1 N–H and O–H groups in total. The number of phenols is 1. The van der Waals surface area contributed by atoms with Crippen molar-refractivity contribution >= 4 is 40.8 Å². The van der Waals surface area contributed by atoms with E-state index in [0.29, 0.717) is 0 Å². The van der Waals surface area contributed by atoms with Crippen LogP contribution in [-0.4, -0.2) is 18.2 Å². The molecule has 0 aliphatic carbocycles. The number of ether oxygens (including phenoxy) is 1. The van der Waals surface area contributed by atoms with Crippen LogP contribution >= 0.6 is 34.8 Å². The number of carbonyl (C=O) groups excluding carboxylic acids is 1. The van der Waals surface area contributed by atoms with E-state index in [1.54, 1.807) is 0 Å². The molecule has 6 heteroatoms. The number of benzene rings is 1. The highest BCUT2D eigenvalue weighted by Crippen LogP contribution is 2.38. The maximum Gasteiger partial charge on any atom is 0.342 e. The second-order valence-corrected chi connectivity index (χ2v) is 4.15. The van der Waals surface area contributed by atoms with E-state index < -0.39 is 10.8 Å². The summed E-state index contributed by atoms with van der Waals surface area (Å²) in [4.78, 5) is 10.3. The van der Waals surface area contributed by atoms with Crippen molar-refractivity contribution in [2.75, 3.05) is 7.11 Å². The van der Waals surface area contributed by atoms with Crippen LogP contribution in [0.4, 0.5) is 0 Å². The van der Waals surface area contributed by atoms with Gasteiger partial charge in [0.2, 0.25) is 0 Å². The summed E-state index contributed by atoms with van der Waals surface area (Å²) in [6.45, 7) is 0. The maximum absolute atomic E-state index is 11.4. The lowest BCUT2D eigenvalue weighted by Crippen LogP contribution is -2.06. The largest absolute Gasteiger partial charge is 0.507 e. The average Bonchev–Trinajstić information content (AvgIpc) is 2.19. The highest BCUT2D eigenvalue weighted by atomic mass is 35.5. The summed E-state index contributed by atoms with van der Waals surface area (Å²) in [5.41, 5.74) is 0.0341. The molecule has 15 heavy (non-hydrogen) atoms. The molecule has 0 aliphatic rings. The Hall–Kier alpha value is -0.640. The number of aromatic hydroxyl groups is 1. The Morgan fingerprint density at radius 1 is 1.47 bits per heavy atom. The number of hydrogen-bond acceptors (Lipinski definition) is 3. The third-order valence-corrected chi connectivity index (χ3v) is 2.54. The van der Waals surface area contributed by atoms with Crippen LogP contribution in [0, 0.1) is 0 Å². The molecule has 0 saturated carbocycles. The molecule has 0 atom stereocenters. The van der Waals surface area contributed by atoms with Gasteiger partial charge in [-0.2, -0.15) is 0 Å². The van der Waals surface area contributed by atoms with Crippen molar-refractivity contribution in [2.45, 2.75) is 4.84 Å². The molecule has 1 aromatic rings. The Labute approximate surface area is 102 Å². The van der Waals surface area contributed by atoms with E-state index >= 15 is 0 Å². The lowest BCUT2D eigenvalue weighted by molar-refractivity contribution is 0.0596. The molecule has 3 nitrogen and oxygen atoms in total. The Balaban J connectivity index is 3.45. The van der Waals surface area contributed by atoms with E-state index in [0.717, 1.165) is 0 Å². The van der Waals surface area contributed by atoms with Crippen molar-refractivity contribution in [1.82, 2.24) is 0 Å². The van der Waals surface area contributed by atoms with Gasteiger partial charge in [-0.1, -0.05) is 34.8 Å². The number of carbonyl (C=O) groups is 1. The fourth-order valence-corrected chi connectivity index (χ4v) is 1.94. The summed E-state index contributed by atoms with van der Waals surface area (Å²) >= 11 is 17.1. The molecule has 0 saturated heterocycles. The third-order valence-electron chi connectivity index (χ3n) is 1.78. The molecule has 82 valence electrons. The second-order valence-electron chi connectivity index (χ2n) is 2.65. The van der Waals surface area contributed by atoms with Crippen LogP contribution < -0.4 is 0 Å². The Bertz CT molecular complexity index is 390. The first kappa shape index (κ1) is 12.4. The number of halogens is 3. The third kappa shape index (κ3) is 2.48. The molecule has 0 fully saturated rings. The van der Waals surface area contributed by atoms with E-state index in [2.05, 4.69) is 4.74 Å². The summed E-state index contributed by atoms with van der Waals surface area (Å²) < 4.78 is 4.49. The molecule has 1 aromatic carbocycles. The zero-order chi connectivity index (χ0) is 11.6. The minimum atomic E-state index is -1.02. The van der Waals surface area contributed by atoms with Gasteiger partial charge in [0.05, 0.1) is 7.11 Å². The van der Waals surface area contributed by atoms with Crippen LogP contribution in [0.15, 0.2) is 12.1 Å². The van der Waals surface area contributed by atoms with Gasteiger partial charge in [-0.25, -0.2) is 4.79 Å². The van der Waals surface area contributed by atoms with Crippen molar-refractivity contribution in [1.29, 1.82) is 0 Å². The van der Waals surface area contributed by atoms with E-state index in [9.17, 15) is 9.90 Å². The average molecular weight is 270 g/mol. The van der Waals surface area contributed by atoms with Gasteiger partial charge in [-0.3, -0.25) is 0 Å². The van der Waals surface area contributed by atoms with Crippen LogP contribution in [0.3, 0.4) is 0 Å². The predicted octanol–water partition coefficient (Wildman–Crippen LogP) is 3.31. The topological polar surface area (TPSA) is 46.5 Å². The lowest BCUT2D eigenvalue weighted by Gasteiger charge is -2.11. The number of esters is 1. The minimum absolute atomic E-state index is 0.111. The number of methoxy groups -OCH3 is 1. The van der Waals surface area contributed by atoms with Crippen molar-refractivity contribution in [3.05, 3.63) is 28.3 Å². The Kier molecular flexibility index (Phi) is 4.08. The number of phenolic OH excluding ortho intramolecular Hbond substituents is 1. The van der Waals surface area contributed by atoms with Gasteiger partial charge >= 0.3 is 5.97 Å². The zero-order valence-corrected chi connectivity index (χ0v) is 9.90. The molecule has 0 amide bonds. The first-order valence-corrected chi connectivity index (χ1v) is 5.12. The monoisotopic (exact) mass is 268 g/mol. The molecule has 0 unspecified atom stereocenters. The zero-order valence-electron chi connectivity index (χ0n) is 7.63. The molecule has 0 bridgehead atoms. The van der Waals surface area contributed by atoms with Gasteiger partial charge in [0, 0.05) is 10.6 Å². The number of alkyl halides is 2. The van der Waals surface area contributed by atoms with Crippen LogP contribution in [-0.2, 0) is 4.74 Å². The van der Waals surface area contributed by atoms with Gasteiger partial charge in [-0.05, 0) is 12.1 Å². The van der Waals surface area contributed by atoms with Gasteiger partial charge < -0.3 is 9.84 Å². The molecular weight excluding hydrogens is 262 g/mol. The van der Waals surface area contributed by atoms with Crippen molar-refractivity contribution in [3.8, 4) is 5.75 Å². The van der Waals surface area contributed by atoms with Crippen LogP contribution in [0.1, 0.15) is 20.8 Å². The smallest absolute Gasteiger partial charge is 0.342 e. The normalized spacial score (nSPS) is 10.5. The molecule has 1 rings (SSSR count). The van der Waals surface area contributed by atoms with Gasteiger partial charge in [0.15, 0.2) is 0 Å². The Morgan fingerprint density at radius 2 is 2.07 bits per heavy atom. The number of rotatable bonds is 2. The van der Waals surface area contributed by atoms with E-state index in [-0.39, 0.29) is 21.9 Å². The fraction of sp³-hybridized carbons (Fsp3) is 0.222. The van der Waals surface area contributed by atoms with E-state index in [4.69, 9.17) is 34.8 Å². The molecule has 0 aromatic heterocycles. The predicted molar refractivity (Wildman–Crippen MR) is 58.9 cm³/mol. The fourth-order valence-electron chi connectivity index (χ4n) is 1.11. The summed E-state index contributed by atoms with van der Waals surface area (Å²) in [5.74, 6) is -1.01. The summed E-state index contributed by atoms with van der Waals surface area (Å²) in [6.07, 6.45) is 0. The second kappa shape index (κ2) is 4.92. The summed E-state index contributed by atoms with van der Waals surface area (Å²) in [6, 6.07) is 2.67. The maximum atomic E-state index is 11.4. The molecule has 0 radical (unpaired) electrons. The SMILES string of the molecule is COC(=O)c1c(O)ccc(Cl)c1C(Cl)Cl. The van der Waals surface area contributed by atoms with Crippen LogP contribution in [0.2, 0.25) is 5.02 Å².